The van der Waals surface area contributed by atoms with Crippen molar-refractivity contribution in [3.05, 3.63) is 12.3 Å². The zero-order chi connectivity index (χ0) is 18.1. The quantitative estimate of drug-likeness (QED) is 0.867. The predicted molar refractivity (Wildman–Crippen MR) is 103 cm³/mol. The van der Waals surface area contributed by atoms with Crippen molar-refractivity contribution in [3.8, 4) is 6.07 Å². The van der Waals surface area contributed by atoms with Gasteiger partial charge in [-0.1, -0.05) is 11.3 Å². The minimum absolute atomic E-state index is 0.0718. The number of anilines is 2. The first kappa shape index (κ1) is 17.2. The highest BCUT2D eigenvalue weighted by molar-refractivity contribution is 7.22. The Labute approximate surface area is 157 Å². The Balaban J connectivity index is 1.46. The molecule has 2 aromatic heterocycles. The number of carbonyl (C=O) groups is 1. The van der Waals surface area contributed by atoms with E-state index in [0.29, 0.717) is 11.7 Å². The van der Waals surface area contributed by atoms with Crippen molar-refractivity contribution < 1.29 is 4.79 Å². The van der Waals surface area contributed by atoms with Crippen LogP contribution in [0.3, 0.4) is 0 Å². The molecular weight excluding hydrogens is 346 g/mol. The van der Waals surface area contributed by atoms with E-state index >= 15 is 0 Å². The number of amides is 1. The van der Waals surface area contributed by atoms with E-state index in [4.69, 9.17) is 10.2 Å². The van der Waals surface area contributed by atoms with Gasteiger partial charge in [-0.2, -0.15) is 5.26 Å². The van der Waals surface area contributed by atoms with Crippen LogP contribution in [0.4, 0.5) is 10.9 Å². The number of carbonyl (C=O) groups excluding carboxylic acids is 1. The highest BCUT2D eigenvalue weighted by Gasteiger charge is 2.30. The molecule has 26 heavy (non-hydrogen) atoms. The van der Waals surface area contributed by atoms with Crippen molar-refractivity contribution in [3.63, 3.8) is 0 Å². The maximum atomic E-state index is 12.1. The Morgan fingerprint density at radius 3 is 2.81 bits per heavy atom. The van der Waals surface area contributed by atoms with Gasteiger partial charge in [0.05, 0.1) is 16.3 Å². The molecule has 2 fully saturated rings. The van der Waals surface area contributed by atoms with Gasteiger partial charge in [0, 0.05) is 31.6 Å². The minimum atomic E-state index is 0.0718. The second-order valence-corrected chi connectivity index (χ2v) is 8.47. The molecular formula is C19H23N5OS. The summed E-state index contributed by atoms with van der Waals surface area (Å²) in [5, 5.41) is 13.0. The lowest BCUT2D eigenvalue weighted by molar-refractivity contribution is -0.117. The lowest BCUT2D eigenvalue weighted by Gasteiger charge is -2.28. The number of nitriles is 1. The standard InChI is InChI=1S/C19H23N5OS/c1-24(11-13-4-2-12(10-20)3-5-13)19-22-15-8-9-21-17(16(15)26-19)23-18(25)14-6-7-14/h8-9,12-14H,2-7,11H2,1H3,(H,21,23,25). The monoisotopic (exact) mass is 369 g/mol. The highest BCUT2D eigenvalue weighted by Crippen LogP contribution is 2.36. The molecule has 6 nitrogen and oxygen atoms in total. The van der Waals surface area contributed by atoms with Crippen LogP contribution < -0.4 is 10.2 Å². The molecule has 1 N–H and O–H groups in total. The number of nitrogens with zero attached hydrogens (tertiary/aromatic N) is 4. The Bertz CT molecular complexity index is 845. The molecule has 0 radical (unpaired) electrons. The first-order valence-electron chi connectivity index (χ1n) is 9.31. The average Bonchev–Trinajstić information content (AvgIpc) is 3.41. The number of hydrogen-bond donors (Lipinski definition) is 1. The number of thiazole rings is 1. The summed E-state index contributed by atoms with van der Waals surface area (Å²) in [6.07, 6.45) is 7.90. The average molecular weight is 369 g/mol. The van der Waals surface area contributed by atoms with Gasteiger partial charge in [0.15, 0.2) is 10.9 Å². The Morgan fingerprint density at radius 1 is 1.35 bits per heavy atom. The molecule has 0 aromatic carbocycles. The molecule has 0 spiro atoms. The van der Waals surface area contributed by atoms with E-state index in [1.165, 1.54) is 0 Å². The van der Waals surface area contributed by atoms with Crippen molar-refractivity contribution in [2.45, 2.75) is 38.5 Å². The first-order valence-corrected chi connectivity index (χ1v) is 10.1. The van der Waals surface area contributed by atoms with Gasteiger partial charge >= 0.3 is 0 Å². The van der Waals surface area contributed by atoms with Gasteiger partial charge in [-0.15, -0.1) is 0 Å². The van der Waals surface area contributed by atoms with Gasteiger partial charge in [-0.3, -0.25) is 4.79 Å². The molecule has 2 heterocycles. The van der Waals surface area contributed by atoms with Crippen LogP contribution in [0, 0.1) is 29.1 Å². The Hall–Kier alpha value is -2.20. The second kappa shape index (κ2) is 7.20. The smallest absolute Gasteiger partial charge is 0.228 e. The number of fused-ring (bicyclic) bond motifs is 1. The van der Waals surface area contributed by atoms with Gasteiger partial charge in [-0.05, 0) is 50.5 Å². The van der Waals surface area contributed by atoms with Gasteiger partial charge in [0.1, 0.15) is 0 Å². The first-order chi connectivity index (χ1) is 12.6. The third-order valence-electron chi connectivity index (χ3n) is 5.37. The summed E-state index contributed by atoms with van der Waals surface area (Å²) in [5.41, 5.74) is 0.881. The largest absolute Gasteiger partial charge is 0.351 e. The summed E-state index contributed by atoms with van der Waals surface area (Å²) < 4.78 is 0.941. The number of nitrogens with one attached hydrogen (secondary N) is 1. The molecule has 4 rings (SSSR count). The van der Waals surface area contributed by atoms with Crippen LogP contribution in [-0.2, 0) is 4.79 Å². The zero-order valence-electron chi connectivity index (χ0n) is 14.9. The van der Waals surface area contributed by atoms with Gasteiger partial charge < -0.3 is 10.2 Å². The van der Waals surface area contributed by atoms with Gasteiger partial charge in [-0.25, -0.2) is 9.97 Å². The van der Waals surface area contributed by atoms with Gasteiger partial charge in [0.2, 0.25) is 5.91 Å². The van der Waals surface area contributed by atoms with Crippen LogP contribution >= 0.6 is 11.3 Å². The van der Waals surface area contributed by atoms with E-state index in [0.717, 1.165) is 60.4 Å². The maximum Gasteiger partial charge on any atom is 0.228 e. The summed E-state index contributed by atoms with van der Waals surface area (Å²) in [5.74, 6) is 1.71. The molecule has 2 aliphatic carbocycles. The van der Waals surface area contributed by atoms with Crippen molar-refractivity contribution >= 4 is 38.4 Å². The molecule has 0 unspecified atom stereocenters. The summed E-state index contributed by atoms with van der Waals surface area (Å²) in [6, 6.07) is 4.29. The third kappa shape index (κ3) is 3.65. The van der Waals surface area contributed by atoms with E-state index in [9.17, 15) is 4.79 Å². The molecule has 0 saturated heterocycles. The molecule has 2 aliphatic rings. The van der Waals surface area contributed by atoms with E-state index < -0.39 is 0 Å². The van der Waals surface area contributed by atoms with Crippen molar-refractivity contribution in [2.24, 2.45) is 17.8 Å². The molecule has 1 amide bonds. The minimum Gasteiger partial charge on any atom is -0.351 e. The zero-order valence-corrected chi connectivity index (χ0v) is 15.8. The Morgan fingerprint density at radius 2 is 2.12 bits per heavy atom. The summed E-state index contributed by atoms with van der Waals surface area (Å²) in [4.78, 5) is 23.4. The molecule has 0 aliphatic heterocycles. The van der Waals surface area contributed by atoms with Crippen LogP contribution in [0.15, 0.2) is 12.3 Å². The fourth-order valence-electron chi connectivity index (χ4n) is 3.60. The SMILES string of the molecule is CN(CC1CCC(C#N)CC1)c1nc2ccnc(NC(=O)C3CC3)c2s1. The van der Waals surface area contributed by atoms with Crippen LogP contribution in [0.2, 0.25) is 0 Å². The maximum absolute atomic E-state index is 12.1. The number of aromatic nitrogens is 2. The van der Waals surface area contributed by atoms with Crippen molar-refractivity contribution in [1.82, 2.24) is 9.97 Å². The molecule has 7 heteroatoms. The van der Waals surface area contributed by atoms with Crippen LogP contribution in [0.1, 0.15) is 38.5 Å². The highest BCUT2D eigenvalue weighted by atomic mass is 32.1. The summed E-state index contributed by atoms with van der Waals surface area (Å²) >= 11 is 1.58. The number of hydrogen-bond acceptors (Lipinski definition) is 6. The van der Waals surface area contributed by atoms with Crippen molar-refractivity contribution in [1.29, 1.82) is 5.26 Å². The van der Waals surface area contributed by atoms with Gasteiger partial charge in [0.25, 0.3) is 0 Å². The topological polar surface area (TPSA) is 81.9 Å². The number of rotatable bonds is 5. The fourth-order valence-corrected chi connectivity index (χ4v) is 4.58. The predicted octanol–water partition coefficient (Wildman–Crippen LogP) is 3.81. The summed E-state index contributed by atoms with van der Waals surface area (Å²) in [7, 11) is 2.07. The lowest BCUT2D eigenvalue weighted by Crippen LogP contribution is -2.28. The molecule has 2 aromatic rings. The van der Waals surface area contributed by atoms with Crippen LogP contribution in [-0.4, -0.2) is 29.5 Å². The van der Waals surface area contributed by atoms with E-state index in [1.807, 2.05) is 6.07 Å². The second-order valence-electron chi connectivity index (χ2n) is 7.50. The Kier molecular flexibility index (Phi) is 4.77. The molecule has 0 bridgehead atoms. The van der Waals surface area contributed by atoms with Crippen LogP contribution in [0.5, 0.6) is 0 Å². The molecule has 136 valence electrons. The fraction of sp³-hybridized carbons (Fsp3) is 0.579. The molecule has 2 saturated carbocycles. The lowest BCUT2D eigenvalue weighted by atomic mass is 9.82. The van der Waals surface area contributed by atoms with E-state index in [2.05, 4.69) is 28.3 Å². The third-order valence-corrected chi connectivity index (χ3v) is 6.56. The molecule has 0 atom stereocenters. The summed E-state index contributed by atoms with van der Waals surface area (Å²) in [6.45, 7) is 0.954. The van der Waals surface area contributed by atoms with E-state index in [1.54, 1.807) is 17.5 Å². The van der Waals surface area contributed by atoms with Crippen molar-refractivity contribution in [2.75, 3.05) is 23.8 Å². The number of pyridine rings is 1. The van der Waals surface area contributed by atoms with Crippen LogP contribution in [0.25, 0.3) is 10.2 Å². The van der Waals surface area contributed by atoms with E-state index in [-0.39, 0.29) is 17.7 Å². The normalized spacial score (nSPS) is 22.8.